The number of nitrogens with one attached hydrogen (secondary N) is 1. The van der Waals surface area contributed by atoms with Gasteiger partial charge >= 0.3 is 0 Å². The molecule has 2 aromatic rings. The van der Waals surface area contributed by atoms with Crippen molar-refractivity contribution in [1.82, 2.24) is 15.0 Å². The fourth-order valence-corrected chi connectivity index (χ4v) is 3.39. The van der Waals surface area contributed by atoms with Crippen LogP contribution in [-0.4, -0.2) is 47.2 Å². The van der Waals surface area contributed by atoms with Crippen molar-refractivity contribution < 1.29 is 12.4 Å². The monoisotopic (exact) mass is 358 g/mol. The molecule has 0 aromatic carbocycles. The number of ether oxygens (including phenoxy) is 1. The maximum Gasteiger partial charge on any atom is 0.247 e. The van der Waals surface area contributed by atoms with E-state index >= 15 is 0 Å². The molecule has 8 heteroatoms. The second-order valence-electron chi connectivity index (χ2n) is 6.64. The van der Waals surface area contributed by atoms with Crippen molar-refractivity contribution in [2.24, 2.45) is 5.92 Å². The number of amides is 1. The summed E-state index contributed by atoms with van der Waals surface area (Å²) >= 11 is 0. The summed E-state index contributed by atoms with van der Waals surface area (Å²) < 4.78 is 5.42. The maximum atomic E-state index is 12.5. The second kappa shape index (κ2) is 7.25. The number of anilines is 3. The number of pyridine rings is 1. The van der Waals surface area contributed by atoms with Gasteiger partial charge in [0, 0.05) is 34.4 Å². The molecule has 1 amide bonds. The molecular weight excluding hydrogens is 332 g/mol. The van der Waals surface area contributed by atoms with Crippen molar-refractivity contribution in [3.8, 4) is 11.3 Å². The Labute approximate surface area is 154 Å². The van der Waals surface area contributed by atoms with Gasteiger partial charge in [0.15, 0.2) is 11.6 Å². The van der Waals surface area contributed by atoms with Gasteiger partial charge in [-0.1, -0.05) is 0 Å². The highest BCUT2D eigenvalue weighted by atomic mass is 16.5. The maximum absolute atomic E-state index is 12.5. The first-order chi connectivity index (χ1) is 12.7. The minimum absolute atomic E-state index is 0. The van der Waals surface area contributed by atoms with Gasteiger partial charge in [-0.15, -0.1) is 0 Å². The molecule has 1 saturated heterocycles. The number of nitrogens with two attached hydrogens (primary N) is 1. The number of hydrogen-bond donors (Lipinski definition) is 2. The minimum atomic E-state index is 0. The Kier molecular flexibility index (Phi) is 4.66. The van der Waals surface area contributed by atoms with Crippen LogP contribution in [0.5, 0.6) is 0 Å². The Bertz CT molecular complexity index is 816. The lowest BCUT2D eigenvalue weighted by Gasteiger charge is -2.30. The lowest BCUT2D eigenvalue weighted by Crippen LogP contribution is -2.42. The molecule has 0 radical (unpaired) electrons. The zero-order valence-electron chi connectivity index (χ0n) is 14.5. The number of fused-ring (bicyclic) bond motifs is 1. The van der Waals surface area contributed by atoms with Crippen LogP contribution in [0.25, 0.3) is 11.3 Å². The number of nitrogen functional groups attached to an aromatic ring is 1. The van der Waals surface area contributed by atoms with Gasteiger partial charge in [0.1, 0.15) is 5.82 Å². The third kappa shape index (κ3) is 3.45. The fraction of sp³-hybridized carbons (Fsp3) is 0.444. The highest BCUT2D eigenvalue weighted by Gasteiger charge is 2.28. The van der Waals surface area contributed by atoms with Crippen molar-refractivity contribution in [2.75, 3.05) is 42.3 Å². The molecule has 2 aliphatic heterocycles. The molecule has 3 N–H and O–H groups in total. The Morgan fingerprint density at radius 3 is 3.00 bits per heavy atom. The Morgan fingerprint density at radius 1 is 1.35 bits per heavy atom. The van der Waals surface area contributed by atoms with Crippen molar-refractivity contribution in [3.05, 3.63) is 24.5 Å². The quantitative estimate of drug-likeness (QED) is 0.863. The molecule has 0 unspecified atom stereocenters. The SMILES string of the molecule is Nc1cc(-c2cnc3c(n2)N(CCC2CCOCC2)C(=O)CN3)ccn1.[HH].[HH]. The van der Waals surface area contributed by atoms with Crippen LogP contribution in [0.4, 0.5) is 17.5 Å². The molecule has 4 rings (SSSR count). The van der Waals surface area contributed by atoms with Crippen LogP contribution < -0.4 is 16.0 Å². The molecule has 8 nitrogen and oxygen atoms in total. The highest BCUT2D eigenvalue weighted by Crippen LogP contribution is 2.30. The summed E-state index contributed by atoms with van der Waals surface area (Å²) in [6.45, 7) is 2.51. The van der Waals surface area contributed by atoms with Crippen LogP contribution in [0.15, 0.2) is 24.5 Å². The van der Waals surface area contributed by atoms with Crippen LogP contribution >= 0.6 is 0 Å². The number of hydrogen-bond acceptors (Lipinski definition) is 7. The lowest BCUT2D eigenvalue weighted by atomic mass is 9.96. The third-order valence-electron chi connectivity index (χ3n) is 4.90. The normalized spacial score (nSPS) is 17.7. The van der Waals surface area contributed by atoms with E-state index in [0.29, 0.717) is 35.6 Å². The van der Waals surface area contributed by atoms with Crippen molar-refractivity contribution in [1.29, 1.82) is 0 Å². The number of aromatic nitrogens is 3. The number of carbonyl (C=O) groups is 1. The molecule has 26 heavy (non-hydrogen) atoms. The average Bonchev–Trinajstić information content (AvgIpc) is 2.67. The summed E-state index contributed by atoms with van der Waals surface area (Å²) in [5.41, 5.74) is 7.27. The smallest absolute Gasteiger partial charge is 0.247 e. The topological polar surface area (TPSA) is 106 Å². The zero-order chi connectivity index (χ0) is 17.9. The molecule has 2 aromatic heterocycles. The Hall–Kier alpha value is -2.74. The summed E-state index contributed by atoms with van der Waals surface area (Å²) in [7, 11) is 0. The van der Waals surface area contributed by atoms with Crippen LogP contribution in [0, 0.1) is 5.92 Å². The van der Waals surface area contributed by atoms with Crippen LogP contribution in [0.1, 0.15) is 22.1 Å². The highest BCUT2D eigenvalue weighted by molar-refractivity contribution is 6.00. The molecule has 0 atom stereocenters. The van der Waals surface area contributed by atoms with E-state index in [2.05, 4.69) is 15.3 Å². The first-order valence-electron chi connectivity index (χ1n) is 8.91. The van der Waals surface area contributed by atoms with Gasteiger partial charge in [-0.05, 0) is 37.3 Å². The first-order valence-corrected chi connectivity index (χ1v) is 8.91. The van der Waals surface area contributed by atoms with Gasteiger partial charge < -0.3 is 15.8 Å². The van der Waals surface area contributed by atoms with E-state index in [0.717, 1.165) is 38.0 Å². The van der Waals surface area contributed by atoms with Crippen molar-refractivity contribution in [3.63, 3.8) is 0 Å². The summed E-state index contributed by atoms with van der Waals surface area (Å²) in [5, 5.41) is 3.05. The molecule has 0 saturated carbocycles. The van der Waals surface area contributed by atoms with Crippen molar-refractivity contribution in [2.45, 2.75) is 19.3 Å². The Balaban J connectivity index is 0.00000140. The van der Waals surface area contributed by atoms with E-state index < -0.39 is 0 Å². The lowest BCUT2D eigenvalue weighted by molar-refractivity contribution is -0.117. The molecule has 140 valence electrons. The van der Waals surface area contributed by atoms with Crippen molar-refractivity contribution >= 4 is 23.4 Å². The fourth-order valence-electron chi connectivity index (χ4n) is 3.39. The summed E-state index contributed by atoms with van der Waals surface area (Å²) in [6, 6.07) is 3.58. The number of nitrogens with zero attached hydrogens (tertiary/aromatic N) is 4. The number of carbonyl (C=O) groups excluding carboxylic acids is 1. The van der Waals surface area contributed by atoms with E-state index in [9.17, 15) is 4.79 Å². The Morgan fingerprint density at radius 2 is 2.19 bits per heavy atom. The van der Waals surface area contributed by atoms with Gasteiger partial charge in [0.05, 0.1) is 18.4 Å². The predicted molar refractivity (Wildman–Crippen MR) is 103 cm³/mol. The minimum Gasteiger partial charge on any atom is -0.384 e. The predicted octanol–water partition coefficient (Wildman–Crippen LogP) is 2.19. The third-order valence-corrected chi connectivity index (χ3v) is 4.90. The molecule has 0 spiro atoms. The second-order valence-corrected chi connectivity index (χ2v) is 6.64. The number of rotatable bonds is 4. The first kappa shape index (κ1) is 16.7. The largest absolute Gasteiger partial charge is 0.384 e. The molecule has 2 aliphatic rings. The molecule has 1 fully saturated rings. The van der Waals surface area contributed by atoms with Crippen LogP contribution in [-0.2, 0) is 9.53 Å². The molecule has 4 heterocycles. The van der Waals surface area contributed by atoms with E-state index in [1.807, 2.05) is 6.07 Å². The zero-order valence-corrected chi connectivity index (χ0v) is 14.5. The molecule has 0 aliphatic carbocycles. The molecular formula is C18H26N6O2. The van der Waals surface area contributed by atoms with E-state index in [1.165, 1.54) is 0 Å². The van der Waals surface area contributed by atoms with E-state index in [4.69, 9.17) is 15.5 Å². The molecule has 0 bridgehead atoms. The van der Waals surface area contributed by atoms with Gasteiger partial charge in [0.2, 0.25) is 5.91 Å². The van der Waals surface area contributed by atoms with Gasteiger partial charge in [-0.2, -0.15) is 0 Å². The summed E-state index contributed by atoms with van der Waals surface area (Å²) in [5.74, 6) is 2.26. The standard InChI is InChI=1S/C18H22N6O2.2H2/c19-15-9-13(1-5-20-15)14-10-21-17-18(23-14)24(16(25)11-22-17)6-2-12-3-7-26-8-4-12;;/h1,5,9-10,12H,2-4,6-8,11H2,(H2,19,20)(H,21,22);2*1H. The van der Waals surface area contributed by atoms with Gasteiger partial charge in [-0.25, -0.2) is 15.0 Å². The van der Waals surface area contributed by atoms with Gasteiger partial charge in [0.25, 0.3) is 0 Å². The van der Waals surface area contributed by atoms with Crippen LogP contribution in [0.2, 0.25) is 0 Å². The van der Waals surface area contributed by atoms with E-state index in [1.54, 1.807) is 23.4 Å². The van der Waals surface area contributed by atoms with Crippen LogP contribution in [0.3, 0.4) is 0 Å². The average molecular weight is 358 g/mol. The van der Waals surface area contributed by atoms with Gasteiger partial charge in [-0.3, -0.25) is 9.69 Å². The summed E-state index contributed by atoms with van der Waals surface area (Å²) in [4.78, 5) is 27.4. The van der Waals surface area contributed by atoms with E-state index in [-0.39, 0.29) is 15.3 Å². The summed E-state index contributed by atoms with van der Waals surface area (Å²) in [6.07, 6.45) is 6.37.